The molecule has 1 amide bonds. The Bertz CT molecular complexity index is 1530. The maximum Gasteiger partial charge on any atom is 0.256 e. The second-order valence-electron chi connectivity index (χ2n) is 9.75. The normalized spacial score (nSPS) is 11.7. The lowest BCUT2D eigenvalue weighted by Crippen LogP contribution is -2.21. The van der Waals surface area contributed by atoms with Crippen molar-refractivity contribution in [1.29, 1.82) is 0 Å². The minimum Gasteiger partial charge on any atom is -0.493 e. The van der Waals surface area contributed by atoms with Gasteiger partial charge in [-0.25, -0.2) is 4.98 Å². The molecular weight excluding hydrogens is 506 g/mol. The van der Waals surface area contributed by atoms with Crippen LogP contribution in [0.15, 0.2) is 59.4 Å². The van der Waals surface area contributed by atoms with Crippen LogP contribution in [0, 0.1) is 12.8 Å². The lowest BCUT2D eigenvalue weighted by atomic mass is 9.99. The van der Waals surface area contributed by atoms with E-state index in [0.717, 1.165) is 30.5 Å². The van der Waals surface area contributed by atoms with E-state index >= 15 is 0 Å². The van der Waals surface area contributed by atoms with Gasteiger partial charge in [0.25, 0.3) is 11.5 Å². The SMILES string of the molecule is CCCCC(CC)CNc1nc(C)c2ccc(=O)n(-c3ccc(C(=O)Nc4ccc(OC)c(OC)c4)cc3)c2n1. The quantitative estimate of drug-likeness (QED) is 0.226. The smallest absolute Gasteiger partial charge is 0.256 e. The van der Waals surface area contributed by atoms with Crippen molar-refractivity contribution >= 4 is 28.6 Å². The summed E-state index contributed by atoms with van der Waals surface area (Å²) >= 11 is 0. The summed E-state index contributed by atoms with van der Waals surface area (Å²) in [4.78, 5) is 35.4. The third-order valence-electron chi connectivity index (χ3n) is 7.06. The van der Waals surface area contributed by atoms with Crippen LogP contribution in [-0.2, 0) is 0 Å². The van der Waals surface area contributed by atoms with Crippen molar-refractivity contribution in [2.75, 3.05) is 31.4 Å². The Labute approximate surface area is 234 Å². The third kappa shape index (κ3) is 6.42. The van der Waals surface area contributed by atoms with Gasteiger partial charge in [0, 0.05) is 35.3 Å². The van der Waals surface area contributed by atoms with Crippen LogP contribution in [0.4, 0.5) is 11.6 Å². The summed E-state index contributed by atoms with van der Waals surface area (Å²) in [6, 6.07) is 15.3. The minimum absolute atomic E-state index is 0.214. The summed E-state index contributed by atoms with van der Waals surface area (Å²) in [7, 11) is 3.10. The summed E-state index contributed by atoms with van der Waals surface area (Å²) in [6.07, 6.45) is 4.60. The monoisotopic (exact) mass is 543 g/mol. The number of fused-ring (bicyclic) bond motifs is 1. The van der Waals surface area contributed by atoms with Crippen molar-refractivity contribution in [2.45, 2.75) is 46.5 Å². The van der Waals surface area contributed by atoms with Gasteiger partial charge in [-0.1, -0.05) is 33.1 Å². The number of carbonyl (C=O) groups excluding carboxylic acids is 1. The van der Waals surface area contributed by atoms with E-state index in [4.69, 9.17) is 14.5 Å². The van der Waals surface area contributed by atoms with Gasteiger partial charge >= 0.3 is 0 Å². The van der Waals surface area contributed by atoms with Crippen LogP contribution >= 0.6 is 0 Å². The number of anilines is 2. The lowest BCUT2D eigenvalue weighted by molar-refractivity contribution is 0.102. The second-order valence-corrected chi connectivity index (χ2v) is 9.75. The number of aromatic nitrogens is 3. The molecule has 0 spiro atoms. The van der Waals surface area contributed by atoms with Gasteiger partial charge in [-0.3, -0.25) is 14.2 Å². The molecule has 2 heterocycles. The standard InChI is InChI=1S/C31H37N5O4/c1-6-8-9-21(7-2)19-32-31-33-20(3)25-15-17-28(37)36(29(25)35-31)24-13-10-22(11-14-24)30(38)34-23-12-16-26(39-4)27(18-23)40-5/h10-18,21H,6-9,19H2,1-5H3,(H,34,38)(H,32,33,35). The van der Waals surface area contributed by atoms with Crippen LogP contribution in [0.1, 0.15) is 55.6 Å². The minimum atomic E-state index is -0.290. The molecule has 0 aliphatic heterocycles. The van der Waals surface area contributed by atoms with Gasteiger partial charge in [0.05, 0.1) is 25.6 Å². The zero-order chi connectivity index (χ0) is 28.6. The van der Waals surface area contributed by atoms with Crippen LogP contribution in [0.3, 0.4) is 0 Å². The van der Waals surface area contributed by atoms with E-state index in [-0.39, 0.29) is 11.5 Å². The number of hydrogen-bond acceptors (Lipinski definition) is 7. The van der Waals surface area contributed by atoms with Gasteiger partial charge in [-0.2, -0.15) is 4.98 Å². The third-order valence-corrected chi connectivity index (χ3v) is 7.06. The number of pyridine rings is 1. The number of methoxy groups -OCH3 is 2. The van der Waals surface area contributed by atoms with E-state index in [1.54, 1.807) is 67.3 Å². The molecule has 0 bridgehead atoms. The Morgan fingerprint density at radius 3 is 2.40 bits per heavy atom. The van der Waals surface area contributed by atoms with Crippen molar-refractivity contribution in [2.24, 2.45) is 5.92 Å². The first-order valence-corrected chi connectivity index (χ1v) is 13.7. The largest absolute Gasteiger partial charge is 0.493 e. The van der Waals surface area contributed by atoms with Crippen LogP contribution in [0.25, 0.3) is 16.7 Å². The molecule has 40 heavy (non-hydrogen) atoms. The number of benzene rings is 2. The highest BCUT2D eigenvalue weighted by atomic mass is 16.5. The fourth-order valence-corrected chi connectivity index (χ4v) is 4.65. The molecule has 2 N–H and O–H groups in total. The van der Waals surface area contributed by atoms with Gasteiger partial charge < -0.3 is 20.1 Å². The highest BCUT2D eigenvalue weighted by molar-refractivity contribution is 6.04. The fraction of sp³-hybridized carbons (Fsp3) is 0.355. The van der Waals surface area contributed by atoms with E-state index in [0.29, 0.717) is 46.0 Å². The summed E-state index contributed by atoms with van der Waals surface area (Å²) in [5.41, 5.74) is 2.72. The number of rotatable bonds is 12. The number of amides is 1. The molecule has 9 nitrogen and oxygen atoms in total. The number of unbranched alkanes of at least 4 members (excludes halogenated alkanes) is 1. The van der Waals surface area contributed by atoms with Crippen molar-refractivity contribution in [3.05, 3.63) is 76.2 Å². The number of aryl methyl sites for hydroxylation is 1. The van der Waals surface area contributed by atoms with Crippen LogP contribution < -0.4 is 25.7 Å². The molecule has 0 aliphatic carbocycles. The number of nitrogens with one attached hydrogen (secondary N) is 2. The Kier molecular flexibility index (Phi) is 9.37. The molecule has 2 aromatic heterocycles. The Morgan fingerprint density at radius 2 is 1.73 bits per heavy atom. The summed E-state index contributed by atoms with van der Waals surface area (Å²) in [5.74, 6) is 1.84. The van der Waals surface area contributed by atoms with E-state index in [9.17, 15) is 9.59 Å². The lowest BCUT2D eigenvalue weighted by Gasteiger charge is -2.17. The molecule has 4 aromatic rings. The summed E-state index contributed by atoms with van der Waals surface area (Å²) < 4.78 is 12.1. The molecule has 9 heteroatoms. The van der Waals surface area contributed by atoms with Crippen LogP contribution in [-0.4, -0.2) is 41.2 Å². The first-order valence-electron chi connectivity index (χ1n) is 13.7. The highest BCUT2D eigenvalue weighted by Gasteiger charge is 2.15. The van der Waals surface area contributed by atoms with Crippen molar-refractivity contribution in [3.8, 4) is 17.2 Å². The first kappa shape index (κ1) is 28.6. The predicted molar refractivity (Wildman–Crippen MR) is 159 cm³/mol. The van der Waals surface area contributed by atoms with Gasteiger partial charge in [0.2, 0.25) is 5.95 Å². The predicted octanol–water partition coefficient (Wildman–Crippen LogP) is 5.99. The molecule has 210 valence electrons. The first-order chi connectivity index (χ1) is 19.4. The van der Waals surface area contributed by atoms with Gasteiger partial charge in [-0.15, -0.1) is 0 Å². The maximum absolute atomic E-state index is 13.0. The molecule has 0 aliphatic rings. The van der Waals surface area contributed by atoms with Gasteiger partial charge in [0.15, 0.2) is 17.1 Å². The Hall–Kier alpha value is -4.40. The zero-order valence-corrected chi connectivity index (χ0v) is 23.8. The van der Waals surface area contributed by atoms with E-state index < -0.39 is 0 Å². The average Bonchev–Trinajstić information content (AvgIpc) is 2.97. The van der Waals surface area contributed by atoms with Crippen LogP contribution in [0.5, 0.6) is 11.5 Å². The fourth-order valence-electron chi connectivity index (χ4n) is 4.65. The van der Waals surface area contributed by atoms with Gasteiger partial charge in [-0.05, 0) is 61.7 Å². The number of ether oxygens (including phenoxy) is 2. The number of nitrogens with zero attached hydrogens (tertiary/aromatic N) is 3. The molecule has 1 unspecified atom stereocenters. The Balaban J connectivity index is 1.60. The molecule has 0 saturated carbocycles. The van der Waals surface area contributed by atoms with Gasteiger partial charge in [0.1, 0.15) is 0 Å². The number of hydrogen-bond donors (Lipinski definition) is 2. The molecule has 2 aromatic carbocycles. The summed E-state index contributed by atoms with van der Waals surface area (Å²) in [6.45, 7) is 7.10. The topological polar surface area (TPSA) is 107 Å². The maximum atomic E-state index is 13.0. The molecule has 4 rings (SSSR count). The van der Waals surface area contributed by atoms with Crippen LogP contribution in [0.2, 0.25) is 0 Å². The average molecular weight is 544 g/mol. The summed E-state index contributed by atoms with van der Waals surface area (Å²) in [5, 5.41) is 7.05. The van der Waals surface area contributed by atoms with Crippen molar-refractivity contribution < 1.29 is 14.3 Å². The van der Waals surface area contributed by atoms with E-state index in [1.165, 1.54) is 18.9 Å². The Morgan fingerprint density at radius 1 is 0.975 bits per heavy atom. The second kappa shape index (κ2) is 13.1. The van der Waals surface area contributed by atoms with Crippen molar-refractivity contribution in [1.82, 2.24) is 14.5 Å². The molecule has 0 fully saturated rings. The number of carbonyl (C=O) groups is 1. The van der Waals surface area contributed by atoms with E-state index in [1.807, 2.05) is 6.92 Å². The molecule has 1 atom stereocenters. The molecular formula is C31H37N5O4. The molecule has 0 saturated heterocycles. The highest BCUT2D eigenvalue weighted by Crippen LogP contribution is 2.30. The van der Waals surface area contributed by atoms with Crippen molar-refractivity contribution in [3.63, 3.8) is 0 Å². The molecule has 0 radical (unpaired) electrons. The van der Waals surface area contributed by atoms with E-state index in [2.05, 4.69) is 29.5 Å². The zero-order valence-electron chi connectivity index (χ0n) is 23.8.